The summed E-state index contributed by atoms with van der Waals surface area (Å²) >= 11 is 0. The Morgan fingerprint density at radius 1 is 1.24 bits per heavy atom. The zero-order valence-corrected chi connectivity index (χ0v) is 16.1. The molecular weight excluding hydrogens is 372 g/mol. The number of piperidine rings is 1. The van der Waals surface area contributed by atoms with Crippen molar-refractivity contribution in [1.82, 2.24) is 4.90 Å². The third-order valence-electron chi connectivity index (χ3n) is 5.62. The minimum atomic E-state index is -0.472. The number of benzene rings is 2. The first-order valence-electron chi connectivity index (χ1n) is 9.71. The number of Topliss-reactive ketones (excluding diaryl/α,β-unsaturated/α-hetero) is 1. The van der Waals surface area contributed by atoms with E-state index in [9.17, 15) is 20.0 Å². The SMILES string of the molecule is C[C@@H]1CCCCN1Cc1c(O)ccc2c1O/C(=C\c1ccc([N+](=O)[O-])cc1)C2=O. The van der Waals surface area contributed by atoms with Crippen LogP contribution in [0.1, 0.15) is 47.7 Å². The summed E-state index contributed by atoms with van der Waals surface area (Å²) in [5.74, 6) is 0.408. The fourth-order valence-corrected chi connectivity index (χ4v) is 3.89. The maximum Gasteiger partial charge on any atom is 0.269 e. The van der Waals surface area contributed by atoms with Crippen LogP contribution in [0.2, 0.25) is 0 Å². The van der Waals surface area contributed by atoms with Crippen LogP contribution in [-0.4, -0.2) is 33.3 Å². The standard InChI is InChI=1S/C22H22N2O5/c1-14-4-2-3-11-23(14)13-18-19(25)10-9-17-21(26)20(29-22(17)18)12-15-5-7-16(8-6-15)24(27)28/h5-10,12,14,25H,2-4,11,13H2,1H3/b20-12-/t14-/m1/s1. The van der Waals surface area contributed by atoms with Crippen molar-refractivity contribution in [3.63, 3.8) is 0 Å². The van der Waals surface area contributed by atoms with Crippen molar-refractivity contribution in [3.05, 3.63) is 69.0 Å². The summed E-state index contributed by atoms with van der Waals surface area (Å²) in [4.78, 5) is 25.4. The Labute approximate surface area is 168 Å². The number of likely N-dealkylation sites (tertiary alicyclic amines) is 1. The second-order valence-corrected chi connectivity index (χ2v) is 7.54. The Hall–Kier alpha value is -3.19. The van der Waals surface area contributed by atoms with E-state index in [1.165, 1.54) is 18.6 Å². The topological polar surface area (TPSA) is 92.9 Å². The predicted molar refractivity (Wildman–Crippen MR) is 108 cm³/mol. The number of ether oxygens (including phenoxy) is 1. The van der Waals surface area contributed by atoms with E-state index in [2.05, 4.69) is 11.8 Å². The van der Waals surface area contributed by atoms with E-state index >= 15 is 0 Å². The molecule has 1 N–H and O–H groups in total. The predicted octanol–water partition coefficient (Wildman–Crippen LogP) is 4.29. The van der Waals surface area contributed by atoms with Crippen LogP contribution in [0, 0.1) is 10.1 Å². The van der Waals surface area contributed by atoms with Gasteiger partial charge in [-0.2, -0.15) is 0 Å². The summed E-state index contributed by atoms with van der Waals surface area (Å²) < 4.78 is 5.88. The number of fused-ring (bicyclic) bond motifs is 1. The van der Waals surface area contributed by atoms with Crippen molar-refractivity contribution in [2.24, 2.45) is 0 Å². The third kappa shape index (κ3) is 3.73. The lowest BCUT2D eigenvalue weighted by molar-refractivity contribution is -0.384. The van der Waals surface area contributed by atoms with Gasteiger partial charge in [0.25, 0.3) is 5.69 Å². The average Bonchev–Trinajstić information content (AvgIpc) is 3.02. The van der Waals surface area contributed by atoms with E-state index in [1.54, 1.807) is 30.3 Å². The number of nitro groups is 1. The summed E-state index contributed by atoms with van der Waals surface area (Å²) in [5, 5.41) is 21.2. The smallest absolute Gasteiger partial charge is 0.269 e. The molecule has 0 unspecified atom stereocenters. The van der Waals surface area contributed by atoms with Gasteiger partial charge in [-0.3, -0.25) is 19.8 Å². The summed E-state index contributed by atoms with van der Waals surface area (Å²) in [7, 11) is 0. The molecule has 0 radical (unpaired) electrons. The number of phenols is 1. The summed E-state index contributed by atoms with van der Waals surface area (Å²) in [6.07, 6.45) is 5.00. The third-order valence-corrected chi connectivity index (χ3v) is 5.62. The highest BCUT2D eigenvalue weighted by Crippen LogP contribution is 2.40. The Morgan fingerprint density at radius 2 is 2.00 bits per heavy atom. The van der Waals surface area contributed by atoms with E-state index in [-0.39, 0.29) is 23.0 Å². The molecule has 2 aromatic rings. The van der Waals surface area contributed by atoms with Gasteiger partial charge in [0.05, 0.1) is 16.1 Å². The van der Waals surface area contributed by atoms with Gasteiger partial charge in [0.2, 0.25) is 5.78 Å². The van der Waals surface area contributed by atoms with Crippen molar-refractivity contribution in [1.29, 1.82) is 0 Å². The number of allylic oxidation sites excluding steroid dienone is 1. The molecule has 0 aliphatic carbocycles. The van der Waals surface area contributed by atoms with Gasteiger partial charge in [-0.15, -0.1) is 0 Å². The molecular formula is C22H22N2O5. The Bertz CT molecular complexity index is 997. The van der Waals surface area contributed by atoms with E-state index in [0.29, 0.717) is 35.0 Å². The fourth-order valence-electron chi connectivity index (χ4n) is 3.89. The molecule has 0 amide bonds. The fraction of sp³-hybridized carbons (Fsp3) is 0.318. The Morgan fingerprint density at radius 3 is 2.69 bits per heavy atom. The molecule has 1 atom stereocenters. The number of ketones is 1. The second kappa shape index (κ2) is 7.67. The zero-order valence-electron chi connectivity index (χ0n) is 16.1. The van der Waals surface area contributed by atoms with Gasteiger partial charge in [0.1, 0.15) is 11.5 Å². The molecule has 2 heterocycles. The second-order valence-electron chi connectivity index (χ2n) is 7.54. The van der Waals surface area contributed by atoms with Crippen LogP contribution >= 0.6 is 0 Å². The van der Waals surface area contributed by atoms with E-state index in [1.807, 2.05) is 0 Å². The first-order valence-corrected chi connectivity index (χ1v) is 9.71. The monoisotopic (exact) mass is 394 g/mol. The molecule has 1 saturated heterocycles. The summed E-state index contributed by atoms with van der Waals surface area (Å²) in [5.41, 5.74) is 1.66. The minimum absolute atomic E-state index is 0.0167. The van der Waals surface area contributed by atoms with Crippen LogP contribution in [0.25, 0.3) is 6.08 Å². The highest BCUT2D eigenvalue weighted by Gasteiger charge is 2.32. The Balaban J connectivity index is 1.63. The van der Waals surface area contributed by atoms with Gasteiger partial charge in [-0.1, -0.05) is 6.42 Å². The quantitative estimate of drug-likeness (QED) is 0.472. The Kier molecular flexibility index (Phi) is 5.07. The number of nitrogens with zero attached hydrogens (tertiary/aromatic N) is 2. The molecule has 0 saturated carbocycles. The van der Waals surface area contributed by atoms with Crippen LogP contribution in [0.3, 0.4) is 0 Å². The maximum atomic E-state index is 12.8. The molecule has 2 aromatic carbocycles. The first-order chi connectivity index (χ1) is 13.9. The molecule has 150 valence electrons. The molecule has 1 fully saturated rings. The molecule has 7 heteroatoms. The van der Waals surface area contributed by atoms with E-state index in [4.69, 9.17) is 4.74 Å². The van der Waals surface area contributed by atoms with Crippen LogP contribution in [0.5, 0.6) is 11.5 Å². The molecule has 0 bridgehead atoms. The van der Waals surface area contributed by atoms with Gasteiger partial charge in [0, 0.05) is 24.7 Å². The number of non-ortho nitro benzene ring substituents is 1. The number of hydrogen-bond donors (Lipinski definition) is 1. The number of hydrogen-bond acceptors (Lipinski definition) is 6. The van der Waals surface area contributed by atoms with Crippen LogP contribution < -0.4 is 4.74 Å². The van der Waals surface area contributed by atoms with E-state index in [0.717, 1.165) is 19.4 Å². The van der Waals surface area contributed by atoms with Crippen molar-refractivity contribution in [3.8, 4) is 11.5 Å². The highest BCUT2D eigenvalue weighted by molar-refractivity contribution is 6.15. The largest absolute Gasteiger partial charge is 0.507 e. The van der Waals surface area contributed by atoms with Gasteiger partial charge < -0.3 is 9.84 Å². The van der Waals surface area contributed by atoms with Gasteiger partial charge in [-0.25, -0.2) is 0 Å². The number of aromatic hydroxyl groups is 1. The van der Waals surface area contributed by atoms with Crippen LogP contribution in [-0.2, 0) is 6.54 Å². The van der Waals surface area contributed by atoms with Crippen LogP contribution in [0.15, 0.2) is 42.2 Å². The zero-order chi connectivity index (χ0) is 20.5. The number of carbonyl (C=O) groups is 1. The molecule has 4 rings (SSSR count). The average molecular weight is 394 g/mol. The lowest BCUT2D eigenvalue weighted by Crippen LogP contribution is -2.36. The van der Waals surface area contributed by atoms with E-state index < -0.39 is 4.92 Å². The van der Waals surface area contributed by atoms with Crippen molar-refractivity contribution in [2.75, 3.05) is 6.54 Å². The number of phenolic OH excluding ortho intramolecular Hbond substituents is 1. The van der Waals surface area contributed by atoms with Gasteiger partial charge in [0.15, 0.2) is 5.76 Å². The lowest BCUT2D eigenvalue weighted by Gasteiger charge is -2.33. The van der Waals surface area contributed by atoms with Crippen molar-refractivity contribution >= 4 is 17.5 Å². The number of rotatable bonds is 4. The number of carbonyl (C=O) groups excluding carboxylic acids is 1. The highest BCUT2D eigenvalue weighted by atomic mass is 16.6. The molecule has 2 aliphatic rings. The number of nitro benzene ring substituents is 1. The molecule has 0 aromatic heterocycles. The summed E-state index contributed by atoms with van der Waals surface area (Å²) in [6, 6.07) is 9.43. The minimum Gasteiger partial charge on any atom is -0.507 e. The van der Waals surface area contributed by atoms with Gasteiger partial charge in [-0.05, 0) is 62.2 Å². The van der Waals surface area contributed by atoms with Crippen molar-refractivity contribution < 1.29 is 19.6 Å². The van der Waals surface area contributed by atoms with Gasteiger partial charge >= 0.3 is 0 Å². The normalized spacial score (nSPS) is 20.5. The van der Waals surface area contributed by atoms with Crippen molar-refractivity contribution in [2.45, 2.75) is 38.8 Å². The maximum absolute atomic E-state index is 12.8. The van der Waals surface area contributed by atoms with Crippen LogP contribution in [0.4, 0.5) is 5.69 Å². The lowest BCUT2D eigenvalue weighted by atomic mass is 10.0. The molecule has 2 aliphatic heterocycles. The molecule has 0 spiro atoms. The summed E-state index contributed by atoms with van der Waals surface area (Å²) in [6.45, 7) is 3.64. The molecule has 7 nitrogen and oxygen atoms in total. The molecule has 29 heavy (non-hydrogen) atoms. The first kappa shape index (κ1) is 19.1.